The van der Waals surface area contributed by atoms with Gasteiger partial charge in [0.1, 0.15) is 11.4 Å². The van der Waals surface area contributed by atoms with E-state index in [4.69, 9.17) is 4.74 Å². The molecule has 1 heterocycles. The minimum atomic E-state index is -0.484. The number of fused-ring (bicyclic) bond motifs is 1. The molecule has 102 valence electrons. The topological polar surface area (TPSA) is 21.6 Å². The molecule has 2 aromatic carbocycles. The van der Waals surface area contributed by atoms with Gasteiger partial charge in [0.25, 0.3) is 0 Å². The maximum absolute atomic E-state index is 13.0. The predicted octanol–water partition coefficient (Wildman–Crippen LogP) is 4.54. The van der Waals surface area contributed by atoms with Crippen molar-refractivity contribution in [3.63, 3.8) is 0 Å². The van der Waals surface area contributed by atoms with Crippen molar-refractivity contribution >= 4 is 27.5 Å². The Kier molecular flexibility index (Phi) is 3.34. The molecule has 2 aromatic rings. The molecule has 3 rings (SSSR count). The van der Waals surface area contributed by atoms with Crippen molar-refractivity contribution in [2.45, 2.75) is 12.5 Å². The van der Waals surface area contributed by atoms with E-state index < -0.39 is 5.60 Å². The quantitative estimate of drug-likeness (QED) is 0.739. The van der Waals surface area contributed by atoms with Crippen LogP contribution in [0.2, 0.25) is 0 Å². The Balaban J connectivity index is 2.11. The zero-order valence-corrected chi connectivity index (χ0v) is 12.5. The van der Waals surface area contributed by atoms with Crippen molar-refractivity contribution in [2.75, 3.05) is 5.33 Å². The summed E-state index contributed by atoms with van der Waals surface area (Å²) in [5.41, 5.74) is 2.22. The Hall–Kier alpha value is -1.68. The van der Waals surface area contributed by atoms with Gasteiger partial charge in [-0.15, -0.1) is 0 Å². The SMILES string of the molecule is CC1(CBr)OC(c2ccc(F)cc2)=Nc2ccccc21. The van der Waals surface area contributed by atoms with Crippen LogP contribution in [0.25, 0.3) is 0 Å². The standard InChI is InChI=1S/C16H13BrFNO/c1-16(10-17)13-4-2-3-5-14(13)19-15(20-16)11-6-8-12(18)9-7-11/h2-9H,10H2,1H3. The van der Waals surface area contributed by atoms with Crippen molar-refractivity contribution in [2.24, 2.45) is 4.99 Å². The Morgan fingerprint density at radius 1 is 1.15 bits per heavy atom. The molecule has 0 bridgehead atoms. The summed E-state index contributed by atoms with van der Waals surface area (Å²) >= 11 is 3.51. The third-order valence-electron chi connectivity index (χ3n) is 3.36. The van der Waals surface area contributed by atoms with Crippen LogP contribution in [-0.2, 0) is 10.3 Å². The fourth-order valence-corrected chi connectivity index (χ4v) is 2.65. The molecule has 1 atom stereocenters. The largest absolute Gasteiger partial charge is 0.465 e. The van der Waals surface area contributed by atoms with Crippen LogP contribution in [0, 0.1) is 5.82 Å². The monoisotopic (exact) mass is 333 g/mol. The van der Waals surface area contributed by atoms with Gasteiger partial charge >= 0.3 is 0 Å². The van der Waals surface area contributed by atoms with Gasteiger partial charge in [0.15, 0.2) is 0 Å². The molecular weight excluding hydrogens is 321 g/mol. The van der Waals surface area contributed by atoms with Gasteiger partial charge in [0.05, 0.1) is 5.69 Å². The molecule has 0 fully saturated rings. The molecule has 1 unspecified atom stereocenters. The molecule has 0 aliphatic carbocycles. The number of hydrogen-bond donors (Lipinski definition) is 0. The Labute approximate surface area is 125 Å². The number of halogens is 2. The maximum atomic E-state index is 13.0. The highest BCUT2D eigenvalue weighted by molar-refractivity contribution is 9.09. The van der Waals surface area contributed by atoms with E-state index in [2.05, 4.69) is 20.9 Å². The summed E-state index contributed by atoms with van der Waals surface area (Å²) in [4.78, 5) is 4.54. The fraction of sp³-hybridized carbons (Fsp3) is 0.188. The third-order valence-corrected chi connectivity index (χ3v) is 4.43. The van der Waals surface area contributed by atoms with Crippen molar-refractivity contribution in [1.82, 2.24) is 0 Å². The number of para-hydroxylation sites is 1. The highest BCUT2D eigenvalue weighted by Crippen LogP contribution is 2.39. The summed E-state index contributed by atoms with van der Waals surface area (Å²) in [5.74, 6) is 0.250. The number of aliphatic imine (C=N–C) groups is 1. The average molecular weight is 334 g/mol. The van der Waals surface area contributed by atoms with Gasteiger partial charge in [-0.3, -0.25) is 0 Å². The zero-order valence-electron chi connectivity index (χ0n) is 10.9. The van der Waals surface area contributed by atoms with Crippen molar-refractivity contribution < 1.29 is 9.13 Å². The van der Waals surface area contributed by atoms with Crippen molar-refractivity contribution in [3.05, 3.63) is 65.5 Å². The molecule has 1 aliphatic rings. The lowest BCUT2D eigenvalue weighted by Crippen LogP contribution is -2.33. The molecular formula is C16H13BrFNO. The van der Waals surface area contributed by atoms with Gasteiger partial charge in [0, 0.05) is 16.5 Å². The number of alkyl halides is 1. The van der Waals surface area contributed by atoms with Gasteiger partial charge in [-0.2, -0.15) is 0 Å². The summed E-state index contributed by atoms with van der Waals surface area (Å²) in [7, 11) is 0. The van der Waals surface area contributed by atoms with Gasteiger partial charge in [-0.1, -0.05) is 34.1 Å². The lowest BCUT2D eigenvalue weighted by atomic mass is 9.94. The summed E-state index contributed by atoms with van der Waals surface area (Å²) < 4.78 is 19.1. The lowest BCUT2D eigenvalue weighted by Gasteiger charge is -2.34. The van der Waals surface area contributed by atoms with Crippen LogP contribution < -0.4 is 0 Å². The van der Waals surface area contributed by atoms with E-state index in [1.807, 2.05) is 31.2 Å². The Morgan fingerprint density at radius 2 is 1.85 bits per heavy atom. The minimum Gasteiger partial charge on any atom is -0.465 e. The number of ether oxygens (including phenoxy) is 1. The normalized spacial score (nSPS) is 20.9. The van der Waals surface area contributed by atoms with Gasteiger partial charge in [-0.05, 0) is 37.3 Å². The van der Waals surface area contributed by atoms with E-state index in [9.17, 15) is 4.39 Å². The first kappa shape index (κ1) is 13.3. The summed E-state index contributed by atoms with van der Waals surface area (Å²) in [6.07, 6.45) is 0. The first-order chi connectivity index (χ1) is 9.62. The molecule has 4 heteroatoms. The highest BCUT2D eigenvalue weighted by Gasteiger charge is 2.35. The molecule has 20 heavy (non-hydrogen) atoms. The van der Waals surface area contributed by atoms with Gasteiger partial charge in [0.2, 0.25) is 5.90 Å². The van der Waals surface area contributed by atoms with Gasteiger partial charge in [-0.25, -0.2) is 9.38 Å². The lowest BCUT2D eigenvalue weighted by molar-refractivity contribution is 0.0980. The number of nitrogens with zero attached hydrogens (tertiary/aromatic N) is 1. The van der Waals surface area contributed by atoms with E-state index in [0.29, 0.717) is 11.2 Å². The van der Waals surface area contributed by atoms with Gasteiger partial charge < -0.3 is 4.74 Å². The first-order valence-corrected chi connectivity index (χ1v) is 7.44. The molecule has 0 aromatic heterocycles. The van der Waals surface area contributed by atoms with Crippen LogP contribution >= 0.6 is 15.9 Å². The van der Waals surface area contributed by atoms with Crippen LogP contribution in [0.15, 0.2) is 53.5 Å². The molecule has 0 saturated heterocycles. The second-order valence-corrected chi connectivity index (χ2v) is 5.47. The minimum absolute atomic E-state index is 0.270. The number of hydrogen-bond acceptors (Lipinski definition) is 2. The fourth-order valence-electron chi connectivity index (χ4n) is 2.23. The van der Waals surface area contributed by atoms with Crippen LogP contribution in [0.3, 0.4) is 0 Å². The van der Waals surface area contributed by atoms with E-state index in [-0.39, 0.29) is 5.82 Å². The van der Waals surface area contributed by atoms with E-state index in [1.54, 1.807) is 12.1 Å². The summed E-state index contributed by atoms with van der Waals surface area (Å²) in [6.45, 7) is 2.01. The zero-order chi connectivity index (χ0) is 14.2. The van der Waals surface area contributed by atoms with Crippen LogP contribution in [0.5, 0.6) is 0 Å². The Morgan fingerprint density at radius 3 is 2.55 bits per heavy atom. The number of benzene rings is 2. The van der Waals surface area contributed by atoms with Crippen molar-refractivity contribution in [1.29, 1.82) is 0 Å². The van der Waals surface area contributed by atoms with Crippen molar-refractivity contribution in [3.8, 4) is 0 Å². The molecule has 0 saturated carbocycles. The average Bonchev–Trinajstić information content (AvgIpc) is 2.48. The van der Waals surface area contributed by atoms with E-state index in [1.165, 1.54) is 12.1 Å². The highest BCUT2D eigenvalue weighted by atomic mass is 79.9. The smallest absolute Gasteiger partial charge is 0.222 e. The van der Waals surface area contributed by atoms with E-state index >= 15 is 0 Å². The molecule has 0 spiro atoms. The molecule has 0 N–H and O–H groups in total. The summed E-state index contributed by atoms with van der Waals surface area (Å²) in [5, 5.41) is 0.650. The van der Waals surface area contributed by atoms with Crippen LogP contribution in [0.1, 0.15) is 18.1 Å². The number of rotatable bonds is 2. The molecule has 2 nitrogen and oxygen atoms in total. The van der Waals surface area contributed by atoms with Crippen LogP contribution in [0.4, 0.5) is 10.1 Å². The predicted molar refractivity (Wildman–Crippen MR) is 81.3 cm³/mol. The maximum Gasteiger partial charge on any atom is 0.222 e. The Bertz CT molecular complexity index is 668. The third kappa shape index (κ3) is 2.24. The molecule has 1 aliphatic heterocycles. The first-order valence-electron chi connectivity index (χ1n) is 6.31. The molecule has 0 amide bonds. The van der Waals surface area contributed by atoms with Crippen LogP contribution in [-0.4, -0.2) is 11.2 Å². The second kappa shape index (κ2) is 5.02. The molecule has 0 radical (unpaired) electrons. The second-order valence-electron chi connectivity index (χ2n) is 4.91. The summed E-state index contributed by atoms with van der Waals surface area (Å²) in [6, 6.07) is 14.1. The van der Waals surface area contributed by atoms with E-state index in [0.717, 1.165) is 16.8 Å².